The molecule has 2 aliphatic rings. The summed E-state index contributed by atoms with van der Waals surface area (Å²) >= 11 is 0. The van der Waals surface area contributed by atoms with Crippen molar-refractivity contribution >= 4 is 23.5 Å². The molecule has 2 unspecified atom stereocenters. The van der Waals surface area contributed by atoms with Crippen LogP contribution in [-0.2, 0) is 15.0 Å². The van der Waals surface area contributed by atoms with E-state index >= 15 is 0 Å². The van der Waals surface area contributed by atoms with Gasteiger partial charge in [-0.1, -0.05) is 48.5 Å². The Balaban J connectivity index is 1.80. The molecule has 2 aliphatic heterocycles. The van der Waals surface area contributed by atoms with Crippen LogP contribution in [0.4, 0.5) is 10.5 Å². The Kier molecular flexibility index (Phi) is 4.07. The second-order valence-electron chi connectivity index (χ2n) is 6.84. The van der Waals surface area contributed by atoms with Crippen LogP contribution in [-0.4, -0.2) is 35.8 Å². The normalized spacial score (nSPS) is 23.2. The van der Waals surface area contributed by atoms with Crippen LogP contribution in [0.2, 0.25) is 0 Å². The fourth-order valence-corrected chi connectivity index (χ4v) is 4.32. The second-order valence-corrected chi connectivity index (χ2v) is 6.84. The van der Waals surface area contributed by atoms with Crippen LogP contribution in [0.3, 0.4) is 0 Å². The molecule has 7 heteroatoms. The van der Waals surface area contributed by atoms with Gasteiger partial charge < -0.3 is 21.3 Å². The number of benzene rings is 2. The number of hydrogen-bond donors (Lipinski definition) is 3. The summed E-state index contributed by atoms with van der Waals surface area (Å²) in [5.74, 6) is -0.368. The van der Waals surface area contributed by atoms with Gasteiger partial charge in [0.15, 0.2) is 0 Å². The number of hydrogen-bond acceptors (Lipinski definition) is 3. The van der Waals surface area contributed by atoms with Crippen LogP contribution in [0.1, 0.15) is 23.6 Å². The quantitative estimate of drug-likeness (QED) is 0.769. The molecule has 138 valence electrons. The third kappa shape index (κ3) is 2.63. The maximum Gasteiger partial charge on any atom is 0.312 e. The van der Waals surface area contributed by atoms with E-state index in [0.29, 0.717) is 13.0 Å². The molecule has 2 atom stereocenters. The molecule has 1 saturated heterocycles. The van der Waals surface area contributed by atoms with Crippen molar-refractivity contribution < 1.29 is 14.4 Å². The van der Waals surface area contributed by atoms with Crippen LogP contribution in [0.15, 0.2) is 54.6 Å². The highest BCUT2D eigenvalue weighted by Gasteiger charge is 2.59. The Morgan fingerprint density at radius 2 is 1.85 bits per heavy atom. The van der Waals surface area contributed by atoms with Crippen molar-refractivity contribution in [2.24, 2.45) is 5.73 Å². The summed E-state index contributed by atoms with van der Waals surface area (Å²) in [4.78, 5) is 38.6. The number of nitrogens with zero attached hydrogens (tertiary/aromatic N) is 1. The molecule has 27 heavy (non-hydrogen) atoms. The average molecular weight is 364 g/mol. The molecular formula is C20H20N4O3. The van der Waals surface area contributed by atoms with E-state index in [4.69, 9.17) is 5.73 Å². The van der Waals surface area contributed by atoms with E-state index in [0.717, 1.165) is 16.8 Å². The van der Waals surface area contributed by atoms with Crippen molar-refractivity contribution in [2.75, 3.05) is 18.4 Å². The van der Waals surface area contributed by atoms with E-state index in [1.54, 1.807) is 4.90 Å². The smallest absolute Gasteiger partial charge is 0.312 e. The van der Waals surface area contributed by atoms with Gasteiger partial charge in [0.05, 0.1) is 12.6 Å². The number of likely N-dealkylation sites (tertiary alicyclic amines) is 1. The monoisotopic (exact) mass is 364 g/mol. The van der Waals surface area contributed by atoms with Crippen LogP contribution in [0.5, 0.6) is 0 Å². The summed E-state index contributed by atoms with van der Waals surface area (Å²) in [6, 6.07) is 15.9. The van der Waals surface area contributed by atoms with Gasteiger partial charge in [-0.15, -0.1) is 0 Å². The van der Waals surface area contributed by atoms with Crippen LogP contribution >= 0.6 is 0 Å². The van der Waals surface area contributed by atoms with E-state index < -0.39 is 17.5 Å². The Morgan fingerprint density at radius 1 is 1.15 bits per heavy atom. The van der Waals surface area contributed by atoms with Gasteiger partial charge in [-0.25, -0.2) is 4.79 Å². The van der Waals surface area contributed by atoms with Crippen molar-refractivity contribution in [3.8, 4) is 0 Å². The number of carbonyl (C=O) groups is 3. The minimum atomic E-state index is -0.847. The number of primary amides is 1. The maximum absolute atomic E-state index is 13.1. The highest BCUT2D eigenvalue weighted by Crippen LogP contribution is 2.54. The summed E-state index contributed by atoms with van der Waals surface area (Å²) < 4.78 is 0. The van der Waals surface area contributed by atoms with E-state index in [-0.39, 0.29) is 18.4 Å². The van der Waals surface area contributed by atoms with Gasteiger partial charge in [-0.2, -0.15) is 0 Å². The Labute approximate surface area is 156 Å². The predicted molar refractivity (Wildman–Crippen MR) is 99.8 cm³/mol. The van der Waals surface area contributed by atoms with Crippen LogP contribution < -0.4 is 16.4 Å². The lowest BCUT2D eigenvalue weighted by Crippen LogP contribution is -2.46. The summed E-state index contributed by atoms with van der Waals surface area (Å²) in [5, 5.41) is 5.32. The summed E-state index contributed by atoms with van der Waals surface area (Å²) in [6.07, 6.45) is 0.512. The van der Waals surface area contributed by atoms with Crippen molar-refractivity contribution in [3.05, 3.63) is 65.7 Å². The lowest BCUT2D eigenvalue weighted by atomic mass is 9.72. The van der Waals surface area contributed by atoms with Crippen molar-refractivity contribution in [2.45, 2.75) is 17.9 Å². The number of rotatable bonds is 3. The van der Waals surface area contributed by atoms with Crippen molar-refractivity contribution in [1.82, 2.24) is 10.2 Å². The van der Waals surface area contributed by atoms with Crippen molar-refractivity contribution in [3.63, 3.8) is 0 Å². The number of fused-ring (bicyclic) bond motifs is 2. The maximum atomic E-state index is 13.1. The molecule has 0 bridgehead atoms. The third-order valence-electron chi connectivity index (χ3n) is 5.44. The molecule has 2 aromatic rings. The zero-order chi connectivity index (χ0) is 19.0. The van der Waals surface area contributed by atoms with Gasteiger partial charge in [0.1, 0.15) is 5.41 Å². The number of anilines is 1. The minimum Gasteiger partial charge on any atom is -0.352 e. The Morgan fingerprint density at radius 3 is 2.59 bits per heavy atom. The number of nitrogens with one attached hydrogen (secondary N) is 2. The molecule has 7 nitrogen and oxygen atoms in total. The van der Waals surface area contributed by atoms with Crippen molar-refractivity contribution in [1.29, 1.82) is 0 Å². The molecule has 0 saturated carbocycles. The largest absolute Gasteiger partial charge is 0.352 e. The summed E-state index contributed by atoms with van der Waals surface area (Å²) in [5.41, 5.74) is 6.83. The van der Waals surface area contributed by atoms with Gasteiger partial charge in [0.2, 0.25) is 11.8 Å². The zero-order valence-corrected chi connectivity index (χ0v) is 14.6. The predicted octanol–water partition coefficient (Wildman–Crippen LogP) is 1.52. The minimum absolute atomic E-state index is 0.101. The van der Waals surface area contributed by atoms with Gasteiger partial charge in [-0.3, -0.25) is 9.59 Å². The molecule has 4 amide bonds. The summed E-state index contributed by atoms with van der Waals surface area (Å²) in [7, 11) is 0. The molecule has 1 spiro atoms. The molecule has 2 heterocycles. The van der Waals surface area contributed by atoms with E-state index in [2.05, 4.69) is 10.6 Å². The molecule has 0 aliphatic carbocycles. The molecule has 1 fully saturated rings. The lowest BCUT2D eigenvalue weighted by molar-refractivity contribution is -0.132. The number of para-hydroxylation sites is 1. The molecule has 0 aromatic heterocycles. The van der Waals surface area contributed by atoms with Crippen LogP contribution in [0, 0.1) is 0 Å². The molecule has 0 radical (unpaired) electrons. The fraction of sp³-hybridized carbons (Fsp3) is 0.250. The number of nitrogens with two attached hydrogens (primary N) is 1. The highest BCUT2D eigenvalue weighted by atomic mass is 16.2. The molecule has 4 N–H and O–H groups in total. The third-order valence-corrected chi connectivity index (χ3v) is 5.44. The first-order chi connectivity index (χ1) is 13.0. The number of urea groups is 1. The van der Waals surface area contributed by atoms with Gasteiger partial charge in [0.25, 0.3) is 0 Å². The fourth-order valence-electron chi connectivity index (χ4n) is 4.32. The zero-order valence-electron chi connectivity index (χ0n) is 14.6. The SMILES string of the molecule is NC(=O)NCC(=O)N1CCC2(C(=O)Nc3ccccc32)C1c1ccccc1. The first-order valence-electron chi connectivity index (χ1n) is 8.83. The number of carbonyl (C=O) groups excluding carboxylic acids is 3. The van der Waals surface area contributed by atoms with E-state index in [1.807, 2.05) is 54.6 Å². The molecule has 2 aromatic carbocycles. The van der Waals surface area contributed by atoms with Gasteiger partial charge >= 0.3 is 6.03 Å². The standard InChI is InChI=1S/C20H20N4O3/c21-19(27)22-12-16(25)24-11-10-20(17(24)13-6-2-1-3-7-13)14-8-4-5-9-15(14)23-18(20)26/h1-9,17H,10-12H2,(H,23,26)(H3,21,22,27). The molecular weight excluding hydrogens is 344 g/mol. The Hall–Kier alpha value is -3.35. The van der Waals surface area contributed by atoms with Crippen LogP contribution in [0.25, 0.3) is 0 Å². The van der Waals surface area contributed by atoms with Gasteiger partial charge in [-0.05, 0) is 23.6 Å². The second kappa shape index (κ2) is 6.42. The summed E-state index contributed by atoms with van der Waals surface area (Å²) in [6.45, 7) is 0.221. The first kappa shape index (κ1) is 17.1. The number of amides is 4. The highest BCUT2D eigenvalue weighted by molar-refractivity contribution is 6.07. The van der Waals surface area contributed by atoms with Gasteiger partial charge in [0, 0.05) is 12.2 Å². The molecule has 4 rings (SSSR count). The Bertz CT molecular complexity index is 914. The lowest BCUT2D eigenvalue weighted by Gasteiger charge is -2.34. The van der Waals surface area contributed by atoms with E-state index in [9.17, 15) is 14.4 Å². The van der Waals surface area contributed by atoms with E-state index in [1.165, 1.54) is 0 Å². The topological polar surface area (TPSA) is 105 Å². The first-order valence-corrected chi connectivity index (χ1v) is 8.83. The average Bonchev–Trinajstić information content (AvgIpc) is 3.21.